The number of anilines is 2. The zero-order valence-electron chi connectivity index (χ0n) is 13.1. The number of hydrogen-bond acceptors (Lipinski definition) is 5. The van der Waals surface area contributed by atoms with E-state index >= 15 is 0 Å². The molecule has 1 radical (unpaired) electrons. The predicted octanol–water partition coefficient (Wildman–Crippen LogP) is 3.52. The molecule has 0 spiro atoms. The number of pyridine rings is 1. The zero-order valence-corrected chi connectivity index (χ0v) is 14.7. The van der Waals surface area contributed by atoms with Crippen molar-refractivity contribution in [1.82, 2.24) is 4.98 Å². The summed E-state index contributed by atoms with van der Waals surface area (Å²) in [5.74, 6) is -0.309. The Morgan fingerprint density at radius 3 is 2.88 bits per heavy atom. The SMILES string of the molecule is COc1[c]cc2c(Nc3cccc(Br)c3)c(C#N)c(C(N)=O)nc2c1. The van der Waals surface area contributed by atoms with Gasteiger partial charge in [0.25, 0.3) is 5.91 Å². The molecule has 7 heteroatoms. The summed E-state index contributed by atoms with van der Waals surface area (Å²) in [6.45, 7) is 0. The van der Waals surface area contributed by atoms with Crippen LogP contribution in [0, 0.1) is 17.4 Å². The van der Waals surface area contributed by atoms with Gasteiger partial charge in [-0.15, -0.1) is 0 Å². The number of benzene rings is 2. The molecule has 0 bridgehead atoms. The normalized spacial score (nSPS) is 10.3. The third-order valence-corrected chi connectivity index (χ3v) is 4.04. The number of nitriles is 1. The van der Waals surface area contributed by atoms with Crippen molar-refractivity contribution in [2.24, 2.45) is 5.73 Å². The molecule has 123 valence electrons. The highest BCUT2D eigenvalue weighted by Gasteiger charge is 2.19. The Labute approximate surface area is 152 Å². The molecule has 3 rings (SSSR count). The fourth-order valence-corrected chi connectivity index (χ4v) is 2.83. The van der Waals surface area contributed by atoms with Gasteiger partial charge in [0.05, 0.1) is 18.3 Å². The first kappa shape index (κ1) is 16.7. The first-order chi connectivity index (χ1) is 12.0. The van der Waals surface area contributed by atoms with E-state index in [2.05, 4.69) is 32.3 Å². The number of amides is 1. The van der Waals surface area contributed by atoms with Crippen molar-refractivity contribution in [3.63, 3.8) is 0 Å². The Bertz CT molecular complexity index is 1030. The van der Waals surface area contributed by atoms with E-state index in [0.29, 0.717) is 22.3 Å². The lowest BCUT2D eigenvalue weighted by Crippen LogP contribution is -2.16. The maximum absolute atomic E-state index is 11.8. The van der Waals surface area contributed by atoms with Gasteiger partial charge < -0.3 is 15.8 Å². The van der Waals surface area contributed by atoms with Crippen LogP contribution in [-0.4, -0.2) is 18.0 Å². The van der Waals surface area contributed by atoms with E-state index in [1.165, 1.54) is 7.11 Å². The third kappa shape index (κ3) is 3.25. The Balaban J connectivity index is 2.29. The molecule has 2 aromatic carbocycles. The van der Waals surface area contributed by atoms with E-state index in [1.54, 1.807) is 12.1 Å². The topological polar surface area (TPSA) is 101 Å². The number of primary amides is 1. The Kier molecular flexibility index (Phi) is 4.55. The van der Waals surface area contributed by atoms with Crippen LogP contribution >= 0.6 is 15.9 Å². The molecule has 0 aliphatic carbocycles. The number of fused-ring (bicyclic) bond motifs is 1. The van der Waals surface area contributed by atoms with Crippen LogP contribution in [0.15, 0.2) is 40.9 Å². The van der Waals surface area contributed by atoms with Crippen molar-refractivity contribution in [2.45, 2.75) is 0 Å². The summed E-state index contributed by atoms with van der Waals surface area (Å²) in [6.07, 6.45) is 0. The Morgan fingerprint density at radius 2 is 2.24 bits per heavy atom. The number of halogens is 1. The van der Waals surface area contributed by atoms with Crippen LogP contribution in [0.2, 0.25) is 0 Å². The van der Waals surface area contributed by atoms with E-state index in [-0.39, 0.29) is 11.3 Å². The monoisotopic (exact) mass is 395 g/mol. The molecule has 1 heterocycles. The minimum absolute atomic E-state index is 0.0820. The largest absolute Gasteiger partial charge is 0.496 e. The van der Waals surface area contributed by atoms with Gasteiger partial charge in [-0.2, -0.15) is 5.26 Å². The summed E-state index contributed by atoms with van der Waals surface area (Å²) in [4.78, 5) is 16.0. The molecule has 0 aliphatic heterocycles. The van der Waals surface area contributed by atoms with Crippen LogP contribution < -0.4 is 15.8 Å². The molecule has 6 nitrogen and oxygen atoms in total. The first-order valence-electron chi connectivity index (χ1n) is 7.19. The van der Waals surface area contributed by atoms with Crippen LogP contribution in [0.1, 0.15) is 16.1 Å². The molecular formula is C18H12BrN4O2. The Hall–Kier alpha value is -3.11. The van der Waals surface area contributed by atoms with Gasteiger partial charge in [0, 0.05) is 27.7 Å². The molecule has 0 aliphatic rings. The number of aromatic nitrogens is 1. The van der Waals surface area contributed by atoms with Gasteiger partial charge in [-0.05, 0) is 24.3 Å². The van der Waals surface area contributed by atoms with E-state index in [0.717, 1.165) is 10.2 Å². The molecule has 0 fully saturated rings. The van der Waals surface area contributed by atoms with Crippen LogP contribution in [0.3, 0.4) is 0 Å². The molecule has 0 atom stereocenters. The summed E-state index contributed by atoms with van der Waals surface area (Å²) in [5, 5.41) is 13.4. The van der Waals surface area contributed by atoms with Crippen molar-refractivity contribution in [3.05, 3.63) is 58.2 Å². The van der Waals surface area contributed by atoms with Crippen molar-refractivity contribution >= 4 is 44.1 Å². The predicted molar refractivity (Wildman–Crippen MR) is 97.8 cm³/mol. The lowest BCUT2D eigenvalue weighted by atomic mass is 10.1. The van der Waals surface area contributed by atoms with E-state index in [4.69, 9.17) is 10.5 Å². The van der Waals surface area contributed by atoms with Crippen molar-refractivity contribution in [2.75, 3.05) is 12.4 Å². The molecule has 0 saturated heterocycles. The number of nitrogens with one attached hydrogen (secondary N) is 1. The minimum atomic E-state index is -0.775. The van der Waals surface area contributed by atoms with Crippen molar-refractivity contribution in [3.8, 4) is 11.8 Å². The quantitative estimate of drug-likeness (QED) is 0.703. The van der Waals surface area contributed by atoms with Gasteiger partial charge in [0.1, 0.15) is 23.1 Å². The number of carbonyl (C=O) groups is 1. The second-order valence-electron chi connectivity index (χ2n) is 5.12. The molecule has 1 aromatic heterocycles. The number of nitrogens with zero attached hydrogens (tertiary/aromatic N) is 2. The molecule has 3 aromatic rings. The molecule has 0 unspecified atom stereocenters. The average Bonchev–Trinajstić information content (AvgIpc) is 2.60. The fourth-order valence-electron chi connectivity index (χ4n) is 2.43. The van der Waals surface area contributed by atoms with Gasteiger partial charge in [-0.25, -0.2) is 4.98 Å². The van der Waals surface area contributed by atoms with Crippen molar-refractivity contribution < 1.29 is 9.53 Å². The summed E-state index contributed by atoms with van der Waals surface area (Å²) in [6, 6.07) is 15.7. The standard InChI is InChI=1S/C18H12BrN4O2/c1-25-12-5-6-13-15(8-12)23-17(18(21)24)14(9-20)16(13)22-11-4-2-3-10(19)7-11/h2-4,6-8H,1H3,(H2,21,24)(H,22,23). The smallest absolute Gasteiger partial charge is 0.268 e. The lowest BCUT2D eigenvalue weighted by Gasteiger charge is -2.14. The van der Waals surface area contributed by atoms with Gasteiger partial charge >= 0.3 is 0 Å². The first-order valence-corrected chi connectivity index (χ1v) is 7.98. The second-order valence-corrected chi connectivity index (χ2v) is 6.04. The highest BCUT2D eigenvalue weighted by molar-refractivity contribution is 9.10. The number of methoxy groups -OCH3 is 1. The van der Waals surface area contributed by atoms with Gasteiger partial charge in [0.2, 0.25) is 0 Å². The van der Waals surface area contributed by atoms with Crippen LogP contribution in [-0.2, 0) is 0 Å². The highest BCUT2D eigenvalue weighted by Crippen LogP contribution is 2.33. The lowest BCUT2D eigenvalue weighted by molar-refractivity contribution is 0.0995. The van der Waals surface area contributed by atoms with Gasteiger partial charge in [-0.3, -0.25) is 4.79 Å². The zero-order chi connectivity index (χ0) is 18.0. The molecular weight excluding hydrogens is 384 g/mol. The number of carbonyl (C=O) groups excluding carboxylic acids is 1. The van der Waals surface area contributed by atoms with Crippen LogP contribution in [0.4, 0.5) is 11.4 Å². The third-order valence-electron chi connectivity index (χ3n) is 3.55. The van der Waals surface area contributed by atoms with E-state index < -0.39 is 5.91 Å². The number of hydrogen-bond donors (Lipinski definition) is 2. The number of ether oxygens (including phenoxy) is 1. The Morgan fingerprint density at radius 1 is 1.44 bits per heavy atom. The van der Waals surface area contributed by atoms with Gasteiger partial charge in [-0.1, -0.05) is 22.0 Å². The summed E-state index contributed by atoms with van der Waals surface area (Å²) in [5.41, 5.74) is 7.05. The van der Waals surface area contributed by atoms with Gasteiger partial charge in [0.15, 0.2) is 0 Å². The van der Waals surface area contributed by atoms with Crippen LogP contribution in [0.5, 0.6) is 5.75 Å². The summed E-state index contributed by atoms with van der Waals surface area (Å²) < 4.78 is 6.02. The molecule has 25 heavy (non-hydrogen) atoms. The number of rotatable bonds is 4. The highest BCUT2D eigenvalue weighted by atomic mass is 79.9. The van der Waals surface area contributed by atoms with Crippen molar-refractivity contribution in [1.29, 1.82) is 5.26 Å². The van der Waals surface area contributed by atoms with E-state index in [1.807, 2.05) is 30.3 Å². The minimum Gasteiger partial charge on any atom is -0.496 e. The fraction of sp³-hybridized carbons (Fsp3) is 0.0556. The summed E-state index contributed by atoms with van der Waals surface area (Å²) in [7, 11) is 1.51. The van der Waals surface area contributed by atoms with E-state index in [9.17, 15) is 10.1 Å². The molecule has 1 amide bonds. The summed E-state index contributed by atoms with van der Waals surface area (Å²) >= 11 is 3.40. The molecule has 3 N–H and O–H groups in total. The molecule has 0 saturated carbocycles. The number of nitrogens with two attached hydrogens (primary N) is 1. The maximum Gasteiger partial charge on any atom is 0.268 e. The van der Waals surface area contributed by atoms with Crippen LogP contribution in [0.25, 0.3) is 10.9 Å². The second kappa shape index (κ2) is 6.79. The maximum atomic E-state index is 11.8. The average molecular weight is 396 g/mol.